The van der Waals surface area contributed by atoms with Crippen molar-refractivity contribution in [3.63, 3.8) is 0 Å². The number of piperidine rings is 1. The lowest BCUT2D eigenvalue weighted by Crippen LogP contribution is -2.54. The zero-order valence-corrected chi connectivity index (χ0v) is 25.0. The van der Waals surface area contributed by atoms with Gasteiger partial charge in [0.15, 0.2) is 0 Å². The zero-order chi connectivity index (χ0) is 28.3. The van der Waals surface area contributed by atoms with Crippen LogP contribution in [0.2, 0.25) is 5.02 Å². The van der Waals surface area contributed by atoms with Gasteiger partial charge in [0.1, 0.15) is 6.04 Å². The number of halogens is 1. The topological polar surface area (TPSA) is 103 Å². The predicted molar refractivity (Wildman–Crippen MR) is 162 cm³/mol. The van der Waals surface area contributed by atoms with E-state index >= 15 is 0 Å². The molecule has 0 radical (unpaired) electrons. The number of carbonyl (C=O) groups is 3. The van der Waals surface area contributed by atoms with E-state index in [1.165, 1.54) is 30.6 Å². The first kappa shape index (κ1) is 30.5. The van der Waals surface area contributed by atoms with Gasteiger partial charge in [-0.3, -0.25) is 19.3 Å². The van der Waals surface area contributed by atoms with Crippen LogP contribution in [0, 0.1) is 5.92 Å². The molecule has 0 unspecified atom stereocenters. The summed E-state index contributed by atoms with van der Waals surface area (Å²) in [4.78, 5) is 45.8. The Morgan fingerprint density at radius 3 is 2.65 bits per heavy atom. The van der Waals surface area contributed by atoms with Gasteiger partial charge in [-0.25, -0.2) is 4.98 Å². The molecule has 4 rings (SSSR count). The fourth-order valence-corrected chi connectivity index (χ4v) is 6.90. The van der Waals surface area contributed by atoms with Crippen LogP contribution in [-0.4, -0.2) is 65.9 Å². The highest BCUT2D eigenvalue weighted by atomic mass is 35.5. The molecule has 218 valence electrons. The van der Waals surface area contributed by atoms with Crippen molar-refractivity contribution in [2.45, 2.75) is 83.2 Å². The van der Waals surface area contributed by atoms with Gasteiger partial charge in [-0.05, 0) is 69.3 Å². The van der Waals surface area contributed by atoms with E-state index in [0.717, 1.165) is 60.5 Å². The molecule has 2 fully saturated rings. The number of carbonyl (C=O) groups excluding carboxylic acids is 3. The van der Waals surface area contributed by atoms with Crippen LogP contribution in [0.15, 0.2) is 30.4 Å². The average molecular weight is 588 g/mol. The van der Waals surface area contributed by atoms with Crippen LogP contribution in [0.25, 0.3) is 10.2 Å². The molecule has 8 nitrogen and oxygen atoms in total. The number of rotatable bonds is 13. The molecule has 1 aromatic heterocycles. The number of amides is 3. The molecule has 3 amide bonds. The molecule has 40 heavy (non-hydrogen) atoms. The average Bonchev–Trinajstić information content (AvgIpc) is 3.61. The number of hydrogen-bond acceptors (Lipinski definition) is 6. The van der Waals surface area contributed by atoms with Gasteiger partial charge in [0.25, 0.3) is 0 Å². The maximum atomic E-state index is 13.6. The number of likely N-dealkylation sites (tertiary alicyclic amines) is 1. The fourth-order valence-electron chi connectivity index (χ4n) is 5.61. The molecular formula is C30H42ClN5O3S. The van der Waals surface area contributed by atoms with Crippen LogP contribution in [0.5, 0.6) is 0 Å². The first-order valence-corrected chi connectivity index (χ1v) is 15.9. The summed E-state index contributed by atoms with van der Waals surface area (Å²) in [7, 11) is 0. The van der Waals surface area contributed by atoms with Crippen molar-refractivity contribution in [2.75, 3.05) is 26.2 Å². The number of fused-ring (bicyclic) bond motifs is 1. The second-order valence-electron chi connectivity index (χ2n) is 11.0. The van der Waals surface area contributed by atoms with Gasteiger partial charge < -0.3 is 16.0 Å². The third-order valence-electron chi connectivity index (χ3n) is 7.78. The maximum Gasteiger partial charge on any atom is 0.243 e. The second-order valence-corrected chi connectivity index (χ2v) is 12.5. The number of nitrogens with zero attached hydrogens (tertiary/aromatic N) is 2. The highest BCUT2D eigenvalue weighted by molar-refractivity contribution is 7.18. The summed E-state index contributed by atoms with van der Waals surface area (Å²) in [6.07, 6.45) is 12.9. The number of thiazole rings is 1. The molecule has 1 saturated heterocycles. The zero-order valence-electron chi connectivity index (χ0n) is 23.4. The van der Waals surface area contributed by atoms with Gasteiger partial charge in [0.05, 0.1) is 15.2 Å². The van der Waals surface area contributed by atoms with Crippen LogP contribution >= 0.6 is 22.9 Å². The molecule has 2 aliphatic rings. The van der Waals surface area contributed by atoms with E-state index in [0.29, 0.717) is 30.8 Å². The van der Waals surface area contributed by atoms with E-state index in [1.807, 2.05) is 25.1 Å². The number of benzene rings is 1. The quantitative estimate of drug-likeness (QED) is 0.297. The molecule has 2 atom stereocenters. The van der Waals surface area contributed by atoms with Crippen molar-refractivity contribution in [1.82, 2.24) is 25.8 Å². The minimum Gasteiger partial charge on any atom is -0.350 e. The minimum absolute atomic E-state index is 0.143. The van der Waals surface area contributed by atoms with Crippen molar-refractivity contribution < 1.29 is 14.4 Å². The monoisotopic (exact) mass is 587 g/mol. The van der Waals surface area contributed by atoms with E-state index in [2.05, 4.69) is 25.8 Å². The predicted octanol–water partition coefficient (Wildman–Crippen LogP) is 4.61. The molecule has 2 aromatic rings. The molecule has 1 aliphatic carbocycles. The second kappa shape index (κ2) is 15.5. The lowest BCUT2D eigenvalue weighted by atomic mass is 9.97. The Bertz CT molecular complexity index is 1170. The number of aromatic nitrogens is 1. The molecule has 3 N–H and O–H groups in total. The normalized spacial score (nSPS) is 18.1. The smallest absolute Gasteiger partial charge is 0.243 e. The summed E-state index contributed by atoms with van der Waals surface area (Å²) >= 11 is 7.62. The van der Waals surface area contributed by atoms with Gasteiger partial charge in [0, 0.05) is 43.1 Å². The standard InChI is InChI=1S/C30H42ClN5O3S/c1-2-9-28(38)33-24(19-29-34-23-14-13-22(31)18-26(23)40-29)30(39)35-25(21-10-4-5-11-21)20-32-27(37)12-8-17-36-15-6-3-7-16-36/h8,12-14,18,21,24-25H,2-7,9-11,15-17,19-20H2,1H3,(H,32,37)(H,33,38)(H,35,39)/b12-8+/t24-,25+/m0/s1. The Hall–Kier alpha value is -2.49. The van der Waals surface area contributed by atoms with Gasteiger partial charge in [-0.2, -0.15) is 0 Å². The van der Waals surface area contributed by atoms with Crippen molar-refractivity contribution in [1.29, 1.82) is 0 Å². The van der Waals surface area contributed by atoms with Crippen LogP contribution in [0.1, 0.15) is 69.7 Å². The van der Waals surface area contributed by atoms with Gasteiger partial charge in [0.2, 0.25) is 17.7 Å². The Balaban J connectivity index is 1.39. The van der Waals surface area contributed by atoms with Gasteiger partial charge in [-0.1, -0.05) is 43.9 Å². The van der Waals surface area contributed by atoms with E-state index in [4.69, 9.17) is 11.6 Å². The van der Waals surface area contributed by atoms with Gasteiger partial charge >= 0.3 is 0 Å². The molecule has 1 aliphatic heterocycles. The number of nitrogens with one attached hydrogen (secondary N) is 3. The van der Waals surface area contributed by atoms with Crippen LogP contribution < -0.4 is 16.0 Å². The Kier molecular flexibility index (Phi) is 11.8. The molecule has 0 bridgehead atoms. The third kappa shape index (κ3) is 9.28. The summed E-state index contributed by atoms with van der Waals surface area (Å²) < 4.78 is 0.946. The highest BCUT2D eigenvalue weighted by Gasteiger charge is 2.30. The van der Waals surface area contributed by atoms with E-state index < -0.39 is 6.04 Å². The summed E-state index contributed by atoms with van der Waals surface area (Å²) in [5.41, 5.74) is 0.823. The first-order valence-electron chi connectivity index (χ1n) is 14.7. The van der Waals surface area contributed by atoms with Crippen molar-refractivity contribution in [3.8, 4) is 0 Å². The first-order chi connectivity index (χ1) is 19.4. The van der Waals surface area contributed by atoms with Crippen LogP contribution in [0.3, 0.4) is 0 Å². The SMILES string of the molecule is CCCC(=O)N[C@@H](Cc1nc2ccc(Cl)cc2s1)C(=O)N[C@H](CNC(=O)/C=C/CN1CCCCC1)C1CCCC1. The summed E-state index contributed by atoms with van der Waals surface area (Å²) in [6.45, 7) is 5.25. The lowest BCUT2D eigenvalue weighted by Gasteiger charge is -2.27. The lowest BCUT2D eigenvalue weighted by molar-refractivity contribution is -0.129. The molecule has 1 saturated carbocycles. The van der Waals surface area contributed by atoms with Gasteiger partial charge in [-0.15, -0.1) is 11.3 Å². The molecule has 2 heterocycles. The number of hydrogen-bond donors (Lipinski definition) is 3. The maximum absolute atomic E-state index is 13.6. The third-order valence-corrected chi connectivity index (χ3v) is 9.05. The Morgan fingerprint density at radius 1 is 1.12 bits per heavy atom. The largest absolute Gasteiger partial charge is 0.350 e. The molecule has 1 aromatic carbocycles. The molecular weight excluding hydrogens is 546 g/mol. The van der Waals surface area contributed by atoms with E-state index in [-0.39, 0.29) is 29.7 Å². The summed E-state index contributed by atoms with van der Waals surface area (Å²) in [6, 6.07) is 4.57. The van der Waals surface area contributed by atoms with Crippen molar-refractivity contribution in [2.24, 2.45) is 5.92 Å². The fraction of sp³-hybridized carbons (Fsp3) is 0.600. The van der Waals surface area contributed by atoms with Crippen LogP contribution in [0.4, 0.5) is 0 Å². The minimum atomic E-state index is -0.751. The summed E-state index contributed by atoms with van der Waals surface area (Å²) in [5, 5.41) is 10.5. The van der Waals surface area contributed by atoms with E-state index in [1.54, 1.807) is 12.1 Å². The molecule has 10 heteroatoms. The van der Waals surface area contributed by atoms with Crippen molar-refractivity contribution >= 4 is 50.9 Å². The van der Waals surface area contributed by atoms with Crippen LogP contribution in [-0.2, 0) is 20.8 Å². The Labute approximate surface area is 246 Å². The molecule has 0 spiro atoms. The summed E-state index contributed by atoms with van der Waals surface area (Å²) in [5.74, 6) is -0.252. The van der Waals surface area contributed by atoms with E-state index in [9.17, 15) is 14.4 Å². The Morgan fingerprint density at radius 2 is 1.90 bits per heavy atom. The van der Waals surface area contributed by atoms with Crippen molar-refractivity contribution in [3.05, 3.63) is 40.4 Å². The highest BCUT2D eigenvalue weighted by Crippen LogP contribution is 2.28.